The lowest BCUT2D eigenvalue weighted by Gasteiger charge is -2.37. The molecule has 2 aliphatic rings. The van der Waals surface area contributed by atoms with Gasteiger partial charge in [-0.15, -0.1) is 0 Å². The number of carbonyl (C=O) groups is 2. The van der Waals surface area contributed by atoms with E-state index in [0.717, 1.165) is 39.0 Å². The minimum atomic E-state index is -0.215. The Morgan fingerprint density at radius 3 is 2.50 bits per heavy atom. The molecule has 1 N–H and O–H groups in total. The smallest absolute Gasteiger partial charge is 0.240 e. The van der Waals surface area contributed by atoms with Gasteiger partial charge in [0.15, 0.2) is 0 Å². The Morgan fingerprint density at radius 1 is 1.15 bits per heavy atom. The van der Waals surface area contributed by atoms with E-state index in [1.165, 1.54) is 6.42 Å². The Morgan fingerprint density at radius 2 is 1.85 bits per heavy atom. The van der Waals surface area contributed by atoms with Gasteiger partial charge in [-0.1, -0.05) is 0 Å². The van der Waals surface area contributed by atoms with Gasteiger partial charge < -0.3 is 15.1 Å². The molecule has 2 fully saturated rings. The average molecular weight is 282 g/mol. The van der Waals surface area contributed by atoms with E-state index in [1.807, 2.05) is 9.80 Å². The minimum Gasteiger partial charge on any atom is -0.347 e. The van der Waals surface area contributed by atoms with Crippen molar-refractivity contribution in [2.45, 2.75) is 25.3 Å². The number of hydrogen-bond donors (Lipinski definition) is 1. The highest BCUT2D eigenvalue weighted by Gasteiger charge is 2.32. The highest BCUT2D eigenvalue weighted by Crippen LogP contribution is 2.11. The van der Waals surface area contributed by atoms with Crippen LogP contribution < -0.4 is 5.32 Å². The fraction of sp³-hybridized carbons (Fsp3) is 0.857. The van der Waals surface area contributed by atoms with E-state index in [0.29, 0.717) is 13.1 Å². The van der Waals surface area contributed by atoms with Gasteiger partial charge in [-0.05, 0) is 19.3 Å². The molecule has 1 unspecified atom stereocenters. The molecule has 2 rings (SSSR count). The molecule has 0 spiro atoms. The number of nitrogens with one attached hydrogen (secondary N) is 1. The van der Waals surface area contributed by atoms with E-state index in [4.69, 9.17) is 0 Å². The number of rotatable bonds is 3. The summed E-state index contributed by atoms with van der Waals surface area (Å²) in [6.45, 7) is 4.33. The Balaban J connectivity index is 1.94. The lowest BCUT2D eigenvalue weighted by atomic mass is 10.1. The van der Waals surface area contributed by atoms with Gasteiger partial charge in [-0.3, -0.25) is 14.5 Å². The molecule has 114 valence electrons. The third kappa shape index (κ3) is 3.70. The number of amides is 2. The molecule has 20 heavy (non-hydrogen) atoms. The van der Waals surface area contributed by atoms with Crippen LogP contribution in [0.2, 0.25) is 0 Å². The van der Waals surface area contributed by atoms with Crippen LogP contribution in [0.3, 0.4) is 0 Å². The topological polar surface area (TPSA) is 55.9 Å². The van der Waals surface area contributed by atoms with Crippen LogP contribution in [-0.4, -0.2) is 85.9 Å². The van der Waals surface area contributed by atoms with Gasteiger partial charge >= 0.3 is 0 Å². The predicted molar refractivity (Wildman–Crippen MR) is 77.4 cm³/mol. The van der Waals surface area contributed by atoms with Crippen molar-refractivity contribution in [3.05, 3.63) is 0 Å². The molecule has 2 amide bonds. The SMILES string of the molecule is CN(C)C(=O)C1CNCCN1CC(=O)N1CCCCC1. The van der Waals surface area contributed by atoms with Gasteiger partial charge in [0.1, 0.15) is 6.04 Å². The Hall–Kier alpha value is -1.14. The van der Waals surface area contributed by atoms with Gasteiger partial charge in [0.25, 0.3) is 0 Å². The Bertz CT molecular complexity index is 353. The van der Waals surface area contributed by atoms with Gasteiger partial charge in [-0.25, -0.2) is 0 Å². The van der Waals surface area contributed by atoms with E-state index < -0.39 is 0 Å². The average Bonchev–Trinajstić information content (AvgIpc) is 2.48. The summed E-state index contributed by atoms with van der Waals surface area (Å²) in [5.74, 6) is 0.242. The fourth-order valence-electron chi connectivity index (χ4n) is 2.89. The molecule has 0 bridgehead atoms. The molecule has 0 aliphatic carbocycles. The van der Waals surface area contributed by atoms with Crippen LogP contribution in [0.4, 0.5) is 0 Å². The molecule has 6 heteroatoms. The molecule has 2 aliphatic heterocycles. The molecule has 0 aromatic carbocycles. The van der Waals surface area contributed by atoms with Gasteiger partial charge in [0, 0.05) is 46.8 Å². The molecule has 2 heterocycles. The first kappa shape index (κ1) is 15.3. The summed E-state index contributed by atoms with van der Waals surface area (Å²) in [6.07, 6.45) is 3.43. The van der Waals surface area contributed by atoms with Crippen LogP contribution in [0.1, 0.15) is 19.3 Å². The summed E-state index contributed by atoms with van der Waals surface area (Å²) in [5, 5.41) is 3.24. The van der Waals surface area contributed by atoms with Crippen molar-refractivity contribution < 1.29 is 9.59 Å². The second-order valence-corrected chi connectivity index (χ2v) is 5.86. The summed E-state index contributed by atoms with van der Waals surface area (Å²) in [4.78, 5) is 30.1. The van der Waals surface area contributed by atoms with Crippen LogP contribution in [0, 0.1) is 0 Å². The molecule has 6 nitrogen and oxygen atoms in total. The normalized spacial score (nSPS) is 24.5. The number of hydrogen-bond acceptors (Lipinski definition) is 4. The Labute approximate surface area is 121 Å². The maximum Gasteiger partial charge on any atom is 0.240 e. The largest absolute Gasteiger partial charge is 0.347 e. The summed E-state index contributed by atoms with van der Waals surface area (Å²) < 4.78 is 0. The maximum absolute atomic E-state index is 12.3. The van der Waals surface area contributed by atoms with Crippen LogP contribution in [0.5, 0.6) is 0 Å². The lowest BCUT2D eigenvalue weighted by molar-refractivity contribution is -0.139. The van der Waals surface area contributed by atoms with E-state index in [9.17, 15) is 9.59 Å². The number of piperidine rings is 1. The van der Waals surface area contributed by atoms with Crippen molar-refractivity contribution in [3.63, 3.8) is 0 Å². The summed E-state index contributed by atoms with van der Waals surface area (Å²) in [7, 11) is 3.53. The Kier molecular flexibility index (Phi) is 5.37. The molecule has 0 saturated carbocycles. The summed E-state index contributed by atoms with van der Waals surface area (Å²) in [6, 6.07) is -0.215. The second kappa shape index (κ2) is 7.04. The van der Waals surface area contributed by atoms with Crippen molar-refractivity contribution in [2.24, 2.45) is 0 Å². The summed E-state index contributed by atoms with van der Waals surface area (Å²) >= 11 is 0. The van der Waals surface area contributed by atoms with Crippen LogP contribution >= 0.6 is 0 Å². The van der Waals surface area contributed by atoms with Gasteiger partial charge in [0.2, 0.25) is 11.8 Å². The second-order valence-electron chi connectivity index (χ2n) is 5.86. The third-order valence-electron chi connectivity index (χ3n) is 4.13. The fourth-order valence-corrected chi connectivity index (χ4v) is 2.89. The van der Waals surface area contributed by atoms with Gasteiger partial charge in [-0.2, -0.15) is 0 Å². The van der Waals surface area contributed by atoms with Crippen molar-refractivity contribution >= 4 is 11.8 Å². The van der Waals surface area contributed by atoms with Gasteiger partial charge in [0.05, 0.1) is 6.54 Å². The monoisotopic (exact) mass is 282 g/mol. The standard InChI is InChI=1S/C14H26N4O2/c1-16(2)14(20)12-10-15-6-9-18(12)11-13(19)17-7-4-3-5-8-17/h12,15H,3-11H2,1-2H3. The molecule has 1 atom stereocenters. The lowest BCUT2D eigenvalue weighted by Crippen LogP contribution is -2.59. The van der Waals surface area contributed by atoms with Crippen LogP contribution in [-0.2, 0) is 9.59 Å². The zero-order valence-corrected chi connectivity index (χ0v) is 12.6. The predicted octanol–water partition coefficient (Wildman–Crippen LogP) is -0.639. The van der Waals surface area contributed by atoms with Crippen LogP contribution in [0.15, 0.2) is 0 Å². The van der Waals surface area contributed by atoms with Crippen molar-refractivity contribution in [1.82, 2.24) is 20.0 Å². The number of likely N-dealkylation sites (tertiary alicyclic amines) is 1. The van der Waals surface area contributed by atoms with E-state index in [1.54, 1.807) is 19.0 Å². The zero-order valence-electron chi connectivity index (χ0n) is 12.6. The first-order chi connectivity index (χ1) is 9.59. The van der Waals surface area contributed by atoms with Crippen LogP contribution in [0.25, 0.3) is 0 Å². The molecular formula is C14H26N4O2. The minimum absolute atomic E-state index is 0.0728. The molecule has 0 radical (unpaired) electrons. The van der Waals surface area contributed by atoms with Crippen molar-refractivity contribution in [2.75, 3.05) is 53.4 Å². The first-order valence-corrected chi connectivity index (χ1v) is 7.53. The maximum atomic E-state index is 12.3. The molecule has 0 aromatic heterocycles. The number of nitrogens with zero attached hydrogens (tertiary/aromatic N) is 3. The van der Waals surface area contributed by atoms with Crippen molar-refractivity contribution in [3.8, 4) is 0 Å². The number of piperazine rings is 1. The van der Waals surface area contributed by atoms with E-state index >= 15 is 0 Å². The first-order valence-electron chi connectivity index (χ1n) is 7.53. The number of carbonyl (C=O) groups excluding carboxylic acids is 2. The quantitative estimate of drug-likeness (QED) is 0.748. The third-order valence-corrected chi connectivity index (χ3v) is 4.13. The summed E-state index contributed by atoms with van der Waals surface area (Å²) in [5.41, 5.74) is 0. The molecule has 2 saturated heterocycles. The molecular weight excluding hydrogens is 256 g/mol. The highest BCUT2D eigenvalue weighted by molar-refractivity contribution is 5.83. The zero-order chi connectivity index (χ0) is 14.5. The number of likely N-dealkylation sites (N-methyl/N-ethyl adjacent to an activating group) is 1. The highest BCUT2D eigenvalue weighted by atomic mass is 16.2. The van der Waals surface area contributed by atoms with Crippen molar-refractivity contribution in [1.29, 1.82) is 0 Å². The molecule has 0 aromatic rings. The van der Waals surface area contributed by atoms with E-state index in [-0.39, 0.29) is 17.9 Å². The van der Waals surface area contributed by atoms with E-state index in [2.05, 4.69) is 5.32 Å².